The van der Waals surface area contributed by atoms with Crippen LogP contribution in [0, 0.1) is 12.0 Å². The van der Waals surface area contributed by atoms with Crippen LogP contribution in [0.4, 0.5) is 10.5 Å². The Morgan fingerprint density at radius 2 is 2.19 bits per heavy atom. The fourth-order valence-electron chi connectivity index (χ4n) is 1.52. The fraction of sp³-hybridized carbons (Fsp3) is 0.333. The lowest BCUT2D eigenvalue weighted by atomic mass is 9.85. The van der Waals surface area contributed by atoms with Gasteiger partial charge in [0.05, 0.1) is 0 Å². The normalized spacial score (nSPS) is 15.0. The molecule has 1 aromatic rings. The summed E-state index contributed by atoms with van der Waals surface area (Å²) in [4.78, 5) is 22.9. The fourth-order valence-corrected chi connectivity index (χ4v) is 1.52. The highest BCUT2D eigenvalue weighted by atomic mass is 16.2. The average Bonchev–Trinajstić information content (AvgIpc) is 2.15. The smallest absolute Gasteiger partial charge is 0.308 e. The van der Waals surface area contributed by atoms with Crippen molar-refractivity contribution >= 4 is 17.6 Å². The Morgan fingerprint density at radius 3 is 2.75 bits per heavy atom. The molecular weight excluding hydrogens is 204 g/mol. The molecule has 16 heavy (non-hydrogen) atoms. The highest BCUT2D eigenvalue weighted by Crippen LogP contribution is 2.26. The maximum Gasteiger partial charge on any atom is 0.325 e. The average molecular weight is 217 g/mol. The van der Waals surface area contributed by atoms with E-state index in [1.165, 1.54) is 0 Å². The molecule has 2 N–H and O–H groups in total. The zero-order valence-electron chi connectivity index (χ0n) is 8.82. The SMILES string of the molecule is O=C(NC(=O)C1CCC1)Nc1c[c]ccc1. The summed E-state index contributed by atoms with van der Waals surface area (Å²) in [7, 11) is 0. The van der Waals surface area contributed by atoms with Gasteiger partial charge < -0.3 is 5.32 Å². The van der Waals surface area contributed by atoms with Crippen molar-refractivity contribution in [3.63, 3.8) is 0 Å². The van der Waals surface area contributed by atoms with Crippen LogP contribution in [0.15, 0.2) is 24.3 Å². The summed E-state index contributed by atoms with van der Waals surface area (Å²) in [5.74, 6) is -0.156. The number of carbonyl (C=O) groups is 2. The van der Waals surface area contributed by atoms with Gasteiger partial charge in [0.1, 0.15) is 0 Å². The Balaban J connectivity index is 1.82. The van der Waals surface area contributed by atoms with Gasteiger partial charge in [0, 0.05) is 11.6 Å². The van der Waals surface area contributed by atoms with Crippen molar-refractivity contribution in [2.45, 2.75) is 19.3 Å². The first-order valence-electron chi connectivity index (χ1n) is 5.33. The summed E-state index contributed by atoms with van der Waals surface area (Å²) >= 11 is 0. The molecule has 4 nitrogen and oxygen atoms in total. The van der Waals surface area contributed by atoms with Crippen LogP contribution >= 0.6 is 0 Å². The predicted molar refractivity (Wildman–Crippen MR) is 59.8 cm³/mol. The number of nitrogens with one attached hydrogen (secondary N) is 2. The molecule has 2 rings (SSSR count). The number of imide groups is 1. The van der Waals surface area contributed by atoms with Gasteiger partial charge in [-0.15, -0.1) is 0 Å². The number of benzene rings is 1. The quantitative estimate of drug-likeness (QED) is 0.795. The second-order valence-corrected chi connectivity index (χ2v) is 3.86. The van der Waals surface area contributed by atoms with Gasteiger partial charge in [0.15, 0.2) is 0 Å². The van der Waals surface area contributed by atoms with E-state index in [9.17, 15) is 9.59 Å². The highest BCUT2D eigenvalue weighted by Gasteiger charge is 2.26. The molecule has 0 aromatic heterocycles. The molecule has 0 saturated heterocycles. The number of rotatable bonds is 2. The zero-order valence-corrected chi connectivity index (χ0v) is 8.82. The van der Waals surface area contributed by atoms with E-state index in [0.717, 1.165) is 19.3 Å². The third-order valence-electron chi connectivity index (χ3n) is 2.68. The van der Waals surface area contributed by atoms with Crippen LogP contribution in [0.25, 0.3) is 0 Å². The van der Waals surface area contributed by atoms with E-state index < -0.39 is 6.03 Å². The van der Waals surface area contributed by atoms with Gasteiger partial charge in [0.25, 0.3) is 0 Å². The second-order valence-electron chi connectivity index (χ2n) is 3.86. The summed E-state index contributed by atoms with van der Waals surface area (Å²) in [6.45, 7) is 0. The van der Waals surface area contributed by atoms with E-state index in [0.29, 0.717) is 5.69 Å². The van der Waals surface area contributed by atoms with Crippen molar-refractivity contribution in [1.82, 2.24) is 5.32 Å². The van der Waals surface area contributed by atoms with Crippen LogP contribution < -0.4 is 10.6 Å². The van der Waals surface area contributed by atoms with E-state index in [1.807, 2.05) is 0 Å². The van der Waals surface area contributed by atoms with Gasteiger partial charge in [-0.05, 0) is 31.0 Å². The summed E-state index contributed by atoms with van der Waals surface area (Å²) in [5.41, 5.74) is 0.626. The summed E-state index contributed by atoms with van der Waals surface area (Å²) < 4.78 is 0. The summed E-state index contributed by atoms with van der Waals surface area (Å²) in [5, 5.41) is 4.90. The molecule has 1 aliphatic rings. The van der Waals surface area contributed by atoms with Gasteiger partial charge in [-0.1, -0.05) is 18.6 Å². The van der Waals surface area contributed by atoms with E-state index in [2.05, 4.69) is 16.7 Å². The summed E-state index contributed by atoms with van der Waals surface area (Å²) in [6, 6.07) is 9.25. The first-order valence-corrected chi connectivity index (χ1v) is 5.33. The monoisotopic (exact) mass is 217 g/mol. The molecule has 0 bridgehead atoms. The van der Waals surface area contributed by atoms with Crippen LogP contribution in [0.3, 0.4) is 0 Å². The third kappa shape index (κ3) is 2.59. The van der Waals surface area contributed by atoms with Crippen LogP contribution in [0.1, 0.15) is 19.3 Å². The van der Waals surface area contributed by atoms with Gasteiger partial charge in [-0.25, -0.2) is 4.79 Å². The van der Waals surface area contributed by atoms with E-state index >= 15 is 0 Å². The molecular formula is C12H13N2O2. The predicted octanol–water partition coefficient (Wildman–Crippen LogP) is 1.93. The molecule has 0 aliphatic heterocycles. The van der Waals surface area contributed by atoms with Crippen molar-refractivity contribution in [2.75, 3.05) is 5.32 Å². The number of amides is 3. The van der Waals surface area contributed by atoms with Crippen molar-refractivity contribution in [1.29, 1.82) is 0 Å². The first-order chi connectivity index (χ1) is 7.75. The minimum atomic E-state index is -0.475. The standard InChI is InChI=1S/C12H13N2O2/c15-11(9-5-4-6-9)14-12(16)13-10-7-2-1-3-8-10/h1-2,7-9H,4-6H2,(H2,13,14,15,16). The van der Waals surface area contributed by atoms with Gasteiger partial charge >= 0.3 is 6.03 Å². The molecule has 1 fully saturated rings. The lowest BCUT2D eigenvalue weighted by Crippen LogP contribution is -2.40. The number of anilines is 1. The zero-order chi connectivity index (χ0) is 11.4. The van der Waals surface area contributed by atoms with E-state index in [1.54, 1.807) is 24.3 Å². The van der Waals surface area contributed by atoms with Crippen LogP contribution in [-0.2, 0) is 4.79 Å². The molecule has 3 amide bonds. The minimum Gasteiger partial charge on any atom is -0.308 e. The van der Waals surface area contributed by atoms with Crippen molar-refractivity contribution in [3.8, 4) is 0 Å². The first kappa shape index (κ1) is 10.7. The lowest BCUT2D eigenvalue weighted by molar-refractivity contribution is -0.126. The maximum atomic E-state index is 11.4. The number of carbonyl (C=O) groups excluding carboxylic acids is 2. The largest absolute Gasteiger partial charge is 0.325 e. The lowest BCUT2D eigenvalue weighted by Gasteiger charge is -2.23. The molecule has 0 spiro atoms. The highest BCUT2D eigenvalue weighted by molar-refractivity contribution is 6.01. The van der Waals surface area contributed by atoms with Crippen LogP contribution in [0.2, 0.25) is 0 Å². The summed E-state index contributed by atoms with van der Waals surface area (Å²) in [6.07, 6.45) is 2.85. The molecule has 0 heterocycles. The number of hydrogen-bond donors (Lipinski definition) is 2. The van der Waals surface area contributed by atoms with Crippen molar-refractivity contribution in [2.24, 2.45) is 5.92 Å². The molecule has 83 valence electrons. The molecule has 1 saturated carbocycles. The van der Waals surface area contributed by atoms with E-state index in [-0.39, 0.29) is 11.8 Å². The number of hydrogen-bond acceptors (Lipinski definition) is 2. The third-order valence-corrected chi connectivity index (χ3v) is 2.68. The Hall–Kier alpha value is -1.84. The van der Waals surface area contributed by atoms with Gasteiger partial charge in [0.2, 0.25) is 5.91 Å². The molecule has 1 radical (unpaired) electrons. The van der Waals surface area contributed by atoms with Gasteiger partial charge in [-0.3, -0.25) is 10.1 Å². The molecule has 0 atom stereocenters. The minimum absolute atomic E-state index is 0.0214. The Kier molecular flexibility index (Phi) is 3.19. The molecule has 4 heteroatoms. The van der Waals surface area contributed by atoms with Crippen molar-refractivity contribution in [3.05, 3.63) is 30.3 Å². The Labute approximate surface area is 94.0 Å². The van der Waals surface area contributed by atoms with Gasteiger partial charge in [-0.2, -0.15) is 0 Å². The molecule has 0 unspecified atom stereocenters. The van der Waals surface area contributed by atoms with Crippen LogP contribution in [-0.4, -0.2) is 11.9 Å². The molecule has 1 aromatic carbocycles. The second kappa shape index (κ2) is 4.79. The topological polar surface area (TPSA) is 58.2 Å². The van der Waals surface area contributed by atoms with Crippen LogP contribution in [0.5, 0.6) is 0 Å². The Bertz CT molecular complexity index is 385. The molecule has 1 aliphatic carbocycles. The maximum absolute atomic E-state index is 11.4. The Morgan fingerprint density at radius 1 is 1.38 bits per heavy atom. The van der Waals surface area contributed by atoms with Crippen molar-refractivity contribution < 1.29 is 9.59 Å². The number of urea groups is 1. The van der Waals surface area contributed by atoms with E-state index in [4.69, 9.17) is 0 Å².